The van der Waals surface area contributed by atoms with Crippen molar-refractivity contribution in [1.82, 2.24) is 15.5 Å². The molecule has 0 bridgehead atoms. The van der Waals surface area contributed by atoms with Crippen molar-refractivity contribution >= 4 is 11.9 Å². The largest absolute Gasteiger partial charge is 0.341 e. The van der Waals surface area contributed by atoms with E-state index in [0.29, 0.717) is 12.6 Å². The molecule has 0 saturated carbocycles. The van der Waals surface area contributed by atoms with Crippen LogP contribution in [-0.2, 0) is 4.79 Å². The lowest BCUT2D eigenvalue weighted by atomic mass is 9.97. The molecular formula is C12H24N4O2. The average Bonchev–Trinajstić information content (AvgIpc) is 2.38. The zero-order valence-corrected chi connectivity index (χ0v) is 11.2. The predicted octanol–water partition coefficient (Wildman–Crippen LogP) is 0.0338. The van der Waals surface area contributed by atoms with Crippen LogP contribution in [0.2, 0.25) is 0 Å². The number of amides is 3. The summed E-state index contributed by atoms with van der Waals surface area (Å²) in [6.07, 6.45) is 4.26. The molecule has 1 fully saturated rings. The highest BCUT2D eigenvalue weighted by molar-refractivity contribution is 5.96. The Morgan fingerprint density at radius 3 is 2.78 bits per heavy atom. The van der Waals surface area contributed by atoms with Gasteiger partial charge in [0.25, 0.3) is 0 Å². The van der Waals surface area contributed by atoms with E-state index >= 15 is 0 Å². The highest BCUT2D eigenvalue weighted by Gasteiger charge is 2.30. The van der Waals surface area contributed by atoms with Crippen LogP contribution in [0.5, 0.6) is 0 Å². The van der Waals surface area contributed by atoms with Crippen LogP contribution in [0, 0.1) is 0 Å². The molecular weight excluding hydrogens is 232 g/mol. The summed E-state index contributed by atoms with van der Waals surface area (Å²) in [5.74, 6) is -0.252. The van der Waals surface area contributed by atoms with Gasteiger partial charge in [-0.05, 0) is 39.3 Å². The van der Waals surface area contributed by atoms with Crippen molar-refractivity contribution in [3.8, 4) is 0 Å². The zero-order chi connectivity index (χ0) is 13.5. The summed E-state index contributed by atoms with van der Waals surface area (Å²) in [5.41, 5.74) is 5.61. The van der Waals surface area contributed by atoms with E-state index < -0.39 is 6.03 Å². The van der Waals surface area contributed by atoms with Crippen LogP contribution in [0.1, 0.15) is 32.6 Å². The number of rotatable bonds is 4. The first-order valence-corrected chi connectivity index (χ1v) is 6.58. The molecule has 1 rings (SSSR count). The number of nitrogens with one attached hydrogen (secondary N) is 2. The second-order valence-corrected chi connectivity index (χ2v) is 4.71. The quantitative estimate of drug-likeness (QED) is 0.662. The van der Waals surface area contributed by atoms with Gasteiger partial charge < -0.3 is 11.1 Å². The first-order valence-electron chi connectivity index (χ1n) is 6.58. The third-order valence-corrected chi connectivity index (χ3v) is 3.51. The number of nitrogens with two attached hydrogens (primary N) is 1. The number of hydrogen-bond donors (Lipinski definition) is 3. The zero-order valence-electron chi connectivity index (χ0n) is 11.2. The molecule has 1 aliphatic heterocycles. The molecule has 3 amide bonds. The molecule has 1 heterocycles. The van der Waals surface area contributed by atoms with Gasteiger partial charge in [-0.15, -0.1) is 0 Å². The van der Waals surface area contributed by atoms with Crippen LogP contribution in [0.3, 0.4) is 0 Å². The lowest BCUT2D eigenvalue weighted by Crippen LogP contribution is -2.54. The Kier molecular flexibility index (Phi) is 6.07. The minimum Gasteiger partial charge on any atom is -0.341 e. The number of nitrogens with zero attached hydrogens (tertiary/aromatic N) is 1. The number of carbonyl (C=O) groups excluding carboxylic acids is 2. The number of imide groups is 1. The molecule has 6 nitrogen and oxygen atoms in total. The molecule has 0 aromatic carbocycles. The Balaban J connectivity index is 2.58. The van der Waals surface area contributed by atoms with E-state index in [2.05, 4.69) is 15.5 Å². The van der Waals surface area contributed by atoms with Gasteiger partial charge in [0.05, 0.1) is 6.04 Å². The number of urea groups is 1. The summed E-state index contributed by atoms with van der Waals surface area (Å²) in [4.78, 5) is 25.2. The third kappa shape index (κ3) is 3.96. The van der Waals surface area contributed by atoms with Crippen LogP contribution >= 0.6 is 0 Å². The molecule has 0 aromatic rings. The van der Waals surface area contributed by atoms with Gasteiger partial charge in [0.2, 0.25) is 5.91 Å². The normalized spacial score (nSPS) is 22.3. The molecule has 4 N–H and O–H groups in total. The summed E-state index contributed by atoms with van der Waals surface area (Å²) in [6, 6.07) is -0.396. The van der Waals surface area contributed by atoms with Crippen LogP contribution in [0.4, 0.5) is 4.79 Å². The van der Waals surface area contributed by atoms with E-state index in [1.54, 1.807) is 0 Å². The van der Waals surface area contributed by atoms with Gasteiger partial charge in [0.1, 0.15) is 0 Å². The van der Waals surface area contributed by atoms with E-state index in [9.17, 15) is 9.59 Å². The summed E-state index contributed by atoms with van der Waals surface area (Å²) < 4.78 is 0. The first kappa shape index (κ1) is 14.9. The van der Waals surface area contributed by atoms with Gasteiger partial charge in [0, 0.05) is 13.1 Å². The number of piperidine rings is 1. The number of carbonyl (C=O) groups is 2. The van der Waals surface area contributed by atoms with Crippen molar-refractivity contribution in [2.24, 2.45) is 5.73 Å². The smallest absolute Gasteiger partial charge is 0.321 e. The lowest BCUT2D eigenvalue weighted by Gasteiger charge is -2.39. The van der Waals surface area contributed by atoms with E-state index in [1.165, 1.54) is 13.5 Å². The van der Waals surface area contributed by atoms with Gasteiger partial charge in [-0.1, -0.05) is 6.42 Å². The minimum atomic E-state index is -0.459. The van der Waals surface area contributed by atoms with E-state index in [4.69, 9.17) is 5.73 Å². The van der Waals surface area contributed by atoms with Gasteiger partial charge >= 0.3 is 6.03 Å². The molecule has 1 aliphatic rings. The Morgan fingerprint density at radius 2 is 2.17 bits per heavy atom. The predicted molar refractivity (Wildman–Crippen MR) is 70.1 cm³/mol. The van der Waals surface area contributed by atoms with Gasteiger partial charge in [-0.25, -0.2) is 4.79 Å². The Bertz CT molecular complexity index is 294. The molecule has 0 aromatic heterocycles. The molecule has 0 spiro atoms. The molecule has 2 unspecified atom stereocenters. The molecule has 18 heavy (non-hydrogen) atoms. The molecule has 1 saturated heterocycles. The Hall–Kier alpha value is -1.14. The van der Waals surface area contributed by atoms with Crippen molar-refractivity contribution in [1.29, 1.82) is 0 Å². The standard InChI is InChI=1S/C12H24N4O2/c1-9(11(17)15-12(18)14-2)16-8-4-3-5-10(16)6-7-13/h9-10H,3-8,13H2,1-2H3,(H2,14,15,17,18). The topological polar surface area (TPSA) is 87.5 Å². The monoisotopic (exact) mass is 256 g/mol. The maximum absolute atomic E-state index is 11.9. The van der Waals surface area contributed by atoms with Gasteiger partial charge in [-0.3, -0.25) is 15.0 Å². The maximum atomic E-state index is 11.9. The summed E-state index contributed by atoms with van der Waals surface area (Å²) in [7, 11) is 1.49. The Morgan fingerprint density at radius 1 is 1.44 bits per heavy atom. The maximum Gasteiger partial charge on any atom is 0.321 e. The molecule has 0 radical (unpaired) electrons. The molecule has 2 atom stereocenters. The average molecular weight is 256 g/mol. The van der Waals surface area contributed by atoms with E-state index in [-0.39, 0.29) is 11.9 Å². The number of likely N-dealkylation sites (tertiary alicyclic amines) is 1. The van der Waals surface area contributed by atoms with Crippen molar-refractivity contribution < 1.29 is 9.59 Å². The fourth-order valence-corrected chi connectivity index (χ4v) is 2.46. The minimum absolute atomic E-state index is 0.252. The van der Waals surface area contributed by atoms with Crippen molar-refractivity contribution in [3.63, 3.8) is 0 Å². The molecule has 6 heteroatoms. The van der Waals surface area contributed by atoms with Crippen LogP contribution in [0.15, 0.2) is 0 Å². The lowest BCUT2D eigenvalue weighted by molar-refractivity contribution is -0.126. The van der Waals surface area contributed by atoms with Gasteiger partial charge in [0.15, 0.2) is 0 Å². The van der Waals surface area contributed by atoms with E-state index in [0.717, 1.165) is 25.8 Å². The van der Waals surface area contributed by atoms with Crippen molar-refractivity contribution in [2.75, 3.05) is 20.1 Å². The van der Waals surface area contributed by atoms with Crippen LogP contribution < -0.4 is 16.4 Å². The Labute approximate surface area is 108 Å². The summed E-state index contributed by atoms with van der Waals surface area (Å²) in [6.45, 7) is 3.37. The second-order valence-electron chi connectivity index (χ2n) is 4.71. The van der Waals surface area contributed by atoms with E-state index in [1.807, 2.05) is 6.92 Å². The van der Waals surface area contributed by atoms with Crippen molar-refractivity contribution in [2.45, 2.75) is 44.7 Å². The molecule has 0 aliphatic carbocycles. The highest BCUT2D eigenvalue weighted by atomic mass is 16.2. The molecule has 104 valence electrons. The fourth-order valence-electron chi connectivity index (χ4n) is 2.46. The van der Waals surface area contributed by atoms with Gasteiger partial charge in [-0.2, -0.15) is 0 Å². The SMILES string of the molecule is CNC(=O)NC(=O)C(C)N1CCCCC1CCN. The first-order chi connectivity index (χ1) is 8.60. The summed E-state index contributed by atoms with van der Waals surface area (Å²) in [5, 5.41) is 4.71. The second kappa shape index (κ2) is 7.33. The fraction of sp³-hybridized carbons (Fsp3) is 0.833. The third-order valence-electron chi connectivity index (χ3n) is 3.51. The number of hydrogen-bond acceptors (Lipinski definition) is 4. The summed E-state index contributed by atoms with van der Waals surface area (Å²) >= 11 is 0. The highest BCUT2D eigenvalue weighted by Crippen LogP contribution is 2.21. The van der Waals surface area contributed by atoms with Crippen molar-refractivity contribution in [3.05, 3.63) is 0 Å². The van der Waals surface area contributed by atoms with Crippen LogP contribution in [0.25, 0.3) is 0 Å². The van der Waals surface area contributed by atoms with Crippen LogP contribution in [-0.4, -0.2) is 49.1 Å².